The maximum atomic E-state index is 11.8. The summed E-state index contributed by atoms with van der Waals surface area (Å²) in [5, 5.41) is 0.809. The molecular formula is C14H16ClNO. The highest BCUT2D eigenvalue weighted by Gasteiger charge is 2.36. The van der Waals surface area contributed by atoms with Crippen molar-refractivity contribution in [1.82, 2.24) is 0 Å². The lowest BCUT2D eigenvalue weighted by Crippen LogP contribution is -2.50. The fourth-order valence-corrected chi connectivity index (χ4v) is 3.35. The summed E-state index contributed by atoms with van der Waals surface area (Å²) >= 11 is 6.03. The maximum absolute atomic E-state index is 11.8. The van der Waals surface area contributed by atoms with E-state index in [0.29, 0.717) is 18.2 Å². The van der Waals surface area contributed by atoms with Crippen LogP contribution in [0.5, 0.6) is 0 Å². The number of ketones is 1. The first-order valence-electron chi connectivity index (χ1n) is 6.24. The number of carbonyl (C=O) groups is 1. The number of benzene rings is 1. The molecule has 2 nitrogen and oxygen atoms in total. The highest BCUT2D eigenvalue weighted by Crippen LogP contribution is 2.37. The van der Waals surface area contributed by atoms with Crippen LogP contribution in [0.15, 0.2) is 18.2 Å². The molecule has 0 spiro atoms. The quantitative estimate of drug-likeness (QED) is 0.704. The molecule has 0 unspecified atom stereocenters. The van der Waals surface area contributed by atoms with Crippen LogP contribution in [0.3, 0.4) is 0 Å². The minimum atomic E-state index is 0.174. The highest BCUT2D eigenvalue weighted by atomic mass is 35.5. The van der Waals surface area contributed by atoms with Gasteiger partial charge in [-0.25, -0.2) is 0 Å². The van der Waals surface area contributed by atoms with Crippen molar-refractivity contribution in [3.05, 3.63) is 28.8 Å². The topological polar surface area (TPSA) is 20.3 Å². The van der Waals surface area contributed by atoms with Gasteiger partial charge in [-0.05, 0) is 36.6 Å². The Balaban J connectivity index is 1.99. The molecule has 0 aliphatic carbocycles. The first-order chi connectivity index (χ1) is 8.16. The molecule has 2 atom stereocenters. The molecule has 3 rings (SSSR count). The third-order valence-corrected chi connectivity index (χ3v) is 4.38. The summed E-state index contributed by atoms with van der Waals surface area (Å²) in [6, 6.07) is 6.51. The lowest BCUT2D eigenvalue weighted by atomic mass is 9.82. The van der Waals surface area contributed by atoms with E-state index in [2.05, 4.69) is 24.0 Å². The molecule has 2 heterocycles. The zero-order valence-corrected chi connectivity index (χ0v) is 10.7. The third-order valence-electron chi connectivity index (χ3n) is 4.14. The van der Waals surface area contributed by atoms with Gasteiger partial charge >= 0.3 is 0 Å². The van der Waals surface area contributed by atoms with Gasteiger partial charge in [-0.3, -0.25) is 4.79 Å². The second kappa shape index (κ2) is 4.02. The molecule has 3 heteroatoms. The maximum Gasteiger partial charge on any atom is 0.139 e. The standard InChI is InChI=1S/C14H16ClNO/c1-9-12-4-2-10-8-11(15)3-5-13(10)16(12)7-6-14(9)17/h3,5,8-9,12H,2,4,6-7H2,1H3/t9-,12-/m0/s1. The molecule has 0 N–H and O–H groups in total. The van der Waals surface area contributed by atoms with Crippen LogP contribution >= 0.6 is 11.6 Å². The van der Waals surface area contributed by atoms with E-state index in [0.717, 1.165) is 24.4 Å². The Morgan fingerprint density at radius 1 is 1.35 bits per heavy atom. The molecule has 1 saturated heterocycles. The number of aryl methyl sites for hydroxylation is 1. The lowest BCUT2D eigenvalue weighted by molar-refractivity contribution is -0.124. The van der Waals surface area contributed by atoms with Gasteiger partial charge in [0.25, 0.3) is 0 Å². The molecular weight excluding hydrogens is 234 g/mol. The predicted molar refractivity (Wildman–Crippen MR) is 69.7 cm³/mol. The molecule has 1 fully saturated rings. The summed E-state index contributed by atoms with van der Waals surface area (Å²) in [6.45, 7) is 2.93. The summed E-state index contributed by atoms with van der Waals surface area (Å²) < 4.78 is 0. The van der Waals surface area contributed by atoms with Crippen LogP contribution in [-0.2, 0) is 11.2 Å². The molecule has 0 aromatic heterocycles. The average Bonchev–Trinajstić information content (AvgIpc) is 2.33. The number of hydrogen-bond acceptors (Lipinski definition) is 2. The van der Waals surface area contributed by atoms with Gasteiger partial charge in [0, 0.05) is 35.6 Å². The van der Waals surface area contributed by atoms with Crippen molar-refractivity contribution in [2.24, 2.45) is 5.92 Å². The second-order valence-corrected chi connectivity index (χ2v) is 5.51. The molecule has 0 amide bonds. The van der Waals surface area contributed by atoms with Gasteiger partial charge in [-0.1, -0.05) is 18.5 Å². The number of nitrogens with zero attached hydrogens (tertiary/aromatic N) is 1. The Labute approximate surface area is 107 Å². The Kier molecular flexibility index (Phi) is 2.62. The Morgan fingerprint density at radius 2 is 2.18 bits per heavy atom. The Bertz CT molecular complexity index is 471. The van der Waals surface area contributed by atoms with Gasteiger partial charge in [0.15, 0.2) is 0 Å². The normalized spacial score (nSPS) is 27.6. The number of anilines is 1. The first kappa shape index (κ1) is 11.1. The predicted octanol–water partition coefficient (Wildman–Crippen LogP) is 3.07. The van der Waals surface area contributed by atoms with Gasteiger partial charge in [0.1, 0.15) is 5.78 Å². The van der Waals surface area contributed by atoms with Gasteiger partial charge in [0.05, 0.1) is 0 Å². The zero-order chi connectivity index (χ0) is 12.0. The number of carbonyl (C=O) groups excluding carboxylic acids is 1. The summed E-state index contributed by atoms with van der Waals surface area (Å²) in [5.41, 5.74) is 2.61. The van der Waals surface area contributed by atoms with Crippen molar-refractivity contribution in [3.8, 4) is 0 Å². The van der Waals surface area contributed by atoms with Crippen molar-refractivity contribution in [2.75, 3.05) is 11.4 Å². The monoisotopic (exact) mass is 249 g/mol. The van der Waals surface area contributed by atoms with Crippen molar-refractivity contribution >= 4 is 23.1 Å². The molecule has 1 aromatic rings. The number of fused-ring (bicyclic) bond motifs is 3. The van der Waals surface area contributed by atoms with Gasteiger partial charge < -0.3 is 4.90 Å². The Morgan fingerprint density at radius 3 is 3.00 bits per heavy atom. The summed E-state index contributed by atoms with van der Waals surface area (Å²) in [5.74, 6) is 0.594. The first-order valence-corrected chi connectivity index (χ1v) is 6.62. The summed E-state index contributed by atoms with van der Waals surface area (Å²) in [4.78, 5) is 14.2. The molecule has 2 aliphatic rings. The number of Topliss-reactive ketones (excluding diaryl/α,β-unsaturated/α-hetero) is 1. The minimum Gasteiger partial charge on any atom is -0.367 e. The third kappa shape index (κ3) is 1.75. The van der Waals surface area contributed by atoms with Crippen LogP contribution in [-0.4, -0.2) is 18.4 Å². The SMILES string of the molecule is C[C@@H]1C(=O)CCN2c3ccc(Cl)cc3CC[C@@H]12. The van der Waals surface area contributed by atoms with Crippen LogP contribution in [0.2, 0.25) is 5.02 Å². The molecule has 1 aromatic carbocycles. The molecule has 17 heavy (non-hydrogen) atoms. The van der Waals surface area contributed by atoms with Gasteiger partial charge in [0.2, 0.25) is 0 Å². The molecule has 0 bridgehead atoms. The minimum absolute atomic E-state index is 0.174. The molecule has 2 aliphatic heterocycles. The highest BCUT2D eigenvalue weighted by molar-refractivity contribution is 6.30. The van der Waals surface area contributed by atoms with E-state index < -0.39 is 0 Å². The van der Waals surface area contributed by atoms with Crippen LogP contribution in [0, 0.1) is 5.92 Å². The van der Waals surface area contributed by atoms with Crippen LogP contribution in [0.1, 0.15) is 25.3 Å². The Hall–Kier alpha value is -1.02. The van der Waals surface area contributed by atoms with Gasteiger partial charge in [-0.15, -0.1) is 0 Å². The van der Waals surface area contributed by atoms with Crippen LogP contribution in [0.25, 0.3) is 0 Å². The largest absolute Gasteiger partial charge is 0.367 e. The van der Waals surface area contributed by atoms with Crippen molar-refractivity contribution < 1.29 is 4.79 Å². The van der Waals surface area contributed by atoms with E-state index >= 15 is 0 Å². The van der Waals surface area contributed by atoms with Gasteiger partial charge in [-0.2, -0.15) is 0 Å². The smallest absolute Gasteiger partial charge is 0.139 e. The van der Waals surface area contributed by atoms with E-state index in [-0.39, 0.29) is 5.92 Å². The number of hydrogen-bond donors (Lipinski definition) is 0. The number of rotatable bonds is 0. The fourth-order valence-electron chi connectivity index (χ4n) is 3.15. The zero-order valence-electron chi connectivity index (χ0n) is 9.95. The van der Waals surface area contributed by atoms with Crippen LogP contribution in [0.4, 0.5) is 5.69 Å². The van der Waals surface area contributed by atoms with E-state index in [1.165, 1.54) is 11.3 Å². The number of halogens is 1. The van der Waals surface area contributed by atoms with Crippen molar-refractivity contribution in [3.63, 3.8) is 0 Å². The average molecular weight is 250 g/mol. The molecule has 90 valence electrons. The van der Waals surface area contributed by atoms with Crippen molar-refractivity contribution in [1.29, 1.82) is 0 Å². The van der Waals surface area contributed by atoms with E-state index in [1.54, 1.807) is 0 Å². The lowest BCUT2D eigenvalue weighted by Gasteiger charge is -2.44. The van der Waals surface area contributed by atoms with E-state index in [9.17, 15) is 4.79 Å². The van der Waals surface area contributed by atoms with Crippen molar-refractivity contribution in [2.45, 2.75) is 32.2 Å². The number of piperidine rings is 1. The van der Waals surface area contributed by atoms with Crippen LogP contribution < -0.4 is 4.90 Å². The van der Waals surface area contributed by atoms with E-state index in [4.69, 9.17) is 11.6 Å². The molecule has 0 saturated carbocycles. The second-order valence-electron chi connectivity index (χ2n) is 5.08. The fraction of sp³-hybridized carbons (Fsp3) is 0.500. The molecule has 0 radical (unpaired) electrons. The summed E-state index contributed by atoms with van der Waals surface area (Å²) in [6.07, 6.45) is 2.79. The summed E-state index contributed by atoms with van der Waals surface area (Å²) in [7, 11) is 0. The van der Waals surface area contributed by atoms with E-state index in [1.807, 2.05) is 6.07 Å².